The molecule has 0 aromatic heterocycles. The highest BCUT2D eigenvalue weighted by molar-refractivity contribution is 5.97. The summed E-state index contributed by atoms with van der Waals surface area (Å²) in [6, 6.07) is 0. The van der Waals surface area contributed by atoms with Crippen molar-refractivity contribution in [1.29, 1.82) is 0 Å². The number of likely N-dealkylation sites (N-methyl/N-ethyl adjacent to an activating group) is 1. The Bertz CT molecular complexity index is 382. The molecule has 7 nitrogen and oxygen atoms in total. The van der Waals surface area contributed by atoms with Gasteiger partial charge in [0.05, 0.1) is 5.41 Å². The first-order valence-corrected chi connectivity index (χ1v) is 5.80. The number of rotatable bonds is 4. The Morgan fingerprint density at radius 3 is 2.53 bits per heavy atom. The second-order valence-corrected chi connectivity index (χ2v) is 4.34. The molecule has 1 saturated heterocycles. The summed E-state index contributed by atoms with van der Waals surface area (Å²) in [6.07, 6.45) is 0.110. The molecule has 0 aromatic rings. The molecular weight excluding hydrogens is 254 g/mol. The summed E-state index contributed by atoms with van der Waals surface area (Å²) in [5.74, 6) is -0.554. The molecule has 1 aliphatic heterocycles. The van der Waals surface area contributed by atoms with Gasteiger partial charge in [0.2, 0.25) is 0 Å². The van der Waals surface area contributed by atoms with E-state index in [2.05, 4.69) is 6.58 Å². The van der Waals surface area contributed by atoms with E-state index in [1.54, 1.807) is 0 Å². The number of cyclic esters (lactones) is 2. The minimum absolute atomic E-state index is 0.00434. The van der Waals surface area contributed by atoms with Crippen LogP contribution >= 0.6 is 0 Å². The Morgan fingerprint density at radius 1 is 1.47 bits per heavy atom. The second kappa shape index (κ2) is 6.21. The average Bonchev–Trinajstić information content (AvgIpc) is 2.45. The Kier molecular flexibility index (Phi) is 4.91. The summed E-state index contributed by atoms with van der Waals surface area (Å²) >= 11 is 0. The highest BCUT2D eigenvalue weighted by atomic mass is 16.7. The maximum atomic E-state index is 11.6. The number of ether oxygens (including phenoxy) is 3. The SMILES string of the molecule is C=CC(=O)N(C)C(=O)OCC1(CC)COC(=O)OC1. The summed E-state index contributed by atoms with van der Waals surface area (Å²) in [5.41, 5.74) is -0.568. The van der Waals surface area contributed by atoms with Gasteiger partial charge in [-0.05, 0) is 12.5 Å². The van der Waals surface area contributed by atoms with Crippen LogP contribution in [0.25, 0.3) is 0 Å². The molecule has 1 aliphatic rings. The second-order valence-electron chi connectivity index (χ2n) is 4.34. The van der Waals surface area contributed by atoms with Gasteiger partial charge < -0.3 is 14.2 Å². The largest absolute Gasteiger partial charge is 0.508 e. The Labute approximate surface area is 111 Å². The zero-order chi connectivity index (χ0) is 14.5. The maximum absolute atomic E-state index is 11.6. The lowest BCUT2D eigenvalue weighted by Gasteiger charge is -2.34. The quantitative estimate of drug-likeness (QED) is 0.566. The third kappa shape index (κ3) is 3.70. The summed E-state index contributed by atoms with van der Waals surface area (Å²) in [7, 11) is 1.29. The molecule has 0 spiro atoms. The molecule has 0 unspecified atom stereocenters. The average molecular weight is 271 g/mol. The van der Waals surface area contributed by atoms with Crippen LogP contribution < -0.4 is 0 Å². The van der Waals surface area contributed by atoms with Crippen molar-refractivity contribution in [2.24, 2.45) is 5.41 Å². The van der Waals surface area contributed by atoms with Crippen LogP contribution in [-0.2, 0) is 19.0 Å². The van der Waals surface area contributed by atoms with Gasteiger partial charge in [-0.15, -0.1) is 0 Å². The van der Waals surface area contributed by atoms with Crippen molar-refractivity contribution in [3.05, 3.63) is 12.7 Å². The van der Waals surface area contributed by atoms with Crippen LogP contribution in [0.3, 0.4) is 0 Å². The van der Waals surface area contributed by atoms with E-state index in [9.17, 15) is 14.4 Å². The molecule has 1 rings (SSSR count). The molecule has 0 saturated carbocycles. The van der Waals surface area contributed by atoms with Crippen LogP contribution in [0.15, 0.2) is 12.7 Å². The van der Waals surface area contributed by atoms with Crippen LogP contribution in [0, 0.1) is 5.41 Å². The van der Waals surface area contributed by atoms with Gasteiger partial charge >= 0.3 is 12.2 Å². The minimum Gasteiger partial charge on any atom is -0.448 e. The number of nitrogens with zero attached hydrogens (tertiary/aromatic N) is 1. The van der Waals surface area contributed by atoms with Crippen LogP contribution in [0.1, 0.15) is 13.3 Å². The fourth-order valence-electron chi connectivity index (χ4n) is 1.44. The molecule has 0 radical (unpaired) electrons. The number of amides is 2. The number of carbonyl (C=O) groups is 3. The van der Waals surface area contributed by atoms with Crippen LogP contribution in [-0.4, -0.2) is 49.9 Å². The van der Waals surface area contributed by atoms with E-state index in [0.717, 1.165) is 11.0 Å². The fourth-order valence-corrected chi connectivity index (χ4v) is 1.44. The number of hydrogen-bond acceptors (Lipinski definition) is 6. The first-order valence-electron chi connectivity index (χ1n) is 5.80. The van der Waals surface area contributed by atoms with Crippen LogP contribution in [0.2, 0.25) is 0 Å². The van der Waals surface area contributed by atoms with Gasteiger partial charge in [0, 0.05) is 7.05 Å². The van der Waals surface area contributed by atoms with Crippen molar-refractivity contribution < 1.29 is 28.6 Å². The van der Waals surface area contributed by atoms with Gasteiger partial charge in [0.25, 0.3) is 5.91 Å². The van der Waals surface area contributed by atoms with Gasteiger partial charge in [0.1, 0.15) is 19.8 Å². The smallest absolute Gasteiger partial charge is 0.448 e. The molecule has 0 bridgehead atoms. The highest BCUT2D eigenvalue weighted by Crippen LogP contribution is 2.27. The van der Waals surface area contributed by atoms with E-state index in [-0.39, 0.29) is 19.8 Å². The number of carbonyl (C=O) groups excluding carboxylic acids is 3. The Morgan fingerprint density at radius 2 is 2.05 bits per heavy atom. The molecule has 0 aromatic carbocycles. The zero-order valence-corrected chi connectivity index (χ0v) is 11.0. The topological polar surface area (TPSA) is 82.1 Å². The van der Waals surface area contributed by atoms with Gasteiger partial charge in [-0.1, -0.05) is 13.5 Å². The molecule has 2 amide bonds. The molecule has 0 aliphatic carbocycles. The predicted octanol–water partition coefficient (Wildman–Crippen LogP) is 1.33. The molecule has 1 heterocycles. The van der Waals surface area contributed by atoms with E-state index < -0.39 is 23.6 Å². The lowest BCUT2D eigenvalue weighted by atomic mass is 9.87. The van der Waals surface area contributed by atoms with E-state index in [1.807, 2.05) is 6.92 Å². The standard InChI is InChI=1S/C12H17NO6/c1-4-9(14)13(3)10(15)17-6-12(5-2)7-18-11(16)19-8-12/h4H,1,5-8H2,2-3H3. The predicted molar refractivity (Wildman–Crippen MR) is 64.3 cm³/mol. The Balaban J connectivity index is 2.54. The normalized spacial score (nSPS) is 16.8. The minimum atomic E-state index is -0.783. The monoisotopic (exact) mass is 271 g/mol. The molecule has 0 atom stereocenters. The molecule has 106 valence electrons. The number of imide groups is 1. The van der Waals surface area contributed by atoms with Crippen molar-refractivity contribution in [3.8, 4) is 0 Å². The number of hydrogen-bond donors (Lipinski definition) is 0. The van der Waals surface area contributed by atoms with Crippen molar-refractivity contribution >= 4 is 18.2 Å². The zero-order valence-electron chi connectivity index (χ0n) is 11.0. The van der Waals surface area contributed by atoms with Gasteiger partial charge in [0.15, 0.2) is 0 Å². The summed E-state index contributed by atoms with van der Waals surface area (Å²) in [6.45, 7) is 5.39. The molecule has 19 heavy (non-hydrogen) atoms. The van der Waals surface area contributed by atoms with Crippen molar-refractivity contribution in [3.63, 3.8) is 0 Å². The van der Waals surface area contributed by atoms with E-state index in [0.29, 0.717) is 6.42 Å². The van der Waals surface area contributed by atoms with Crippen LogP contribution in [0.4, 0.5) is 9.59 Å². The van der Waals surface area contributed by atoms with Crippen molar-refractivity contribution in [2.75, 3.05) is 26.9 Å². The highest BCUT2D eigenvalue weighted by Gasteiger charge is 2.38. The van der Waals surface area contributed by atoms with Crippen molar-refractivity contribution in [1.82, 2.24) is 4.90 Å². The first kappa shape index (κ1) is 15.0. The third-order valence-electron chi connectivity index (χ3n) is 3.02. The van der Waals surface area contributed by atoms with E-state index in [1.165, 1.54) is 7.05 Å². The first-order chi connectivity index (χ1) is 8.94. The third-order valence-corrected chi connectivity index (χ3v) is 3.02. The lowest BCUT2D eigenvalue weighted by Crippen LogP contribution is -2.44. The summed E-state index contributed by atoms with van der Waals surface area (Å²) < 4.78 is 14.6. The van der Waals surface area contributed by atoms with Gasteiger partial charge in [-0.25, -0.2) is 14.5 Å². The summed E-state index contributed by atoms with van der Waals surface area (Å²) in [5, 5.41) is 0. The van der Waals surface area contributed by atoms with E-state index in [4.69, 9.17) is 14.2 Å². The molecule has 7 heteroatoms. The molecule has 0 N–H and O–H groups in total. The van der Waals surface area contributed by atoms with Crippen molar-refractivity contribution in [2.45, 2.75) is 13.3 Å². The van der Waals surface area contributed by atoms with Gasteiger partial charge in [-0.3, -0.25) is 4.79 Å². The Hall–Kier alpha value is -2.05. The molecular formula is C12H17NO6. The van der Waals surface area contributed by atoms with E-state index >= 15 is 0 Å². The maximum Gasteiger partial charge on any atom is 0.508 e. The van der Waals surface area contributed by atoms with Crippen LogP contribution in [0.5, 0.6) is 0 Å². The lowest BCUT2D eigenvalue weighted by molar-refractivity contribution is -0.124. The summed E-state index contributed by atoms with van der Waals surface area (Å²) in [4.78, 5) is 34.4. The molecule has 1 fully saturated rings. The fraction of sp³-hybridized carbons (Fsp3) is 0.583. The van der Waals surface area contributed by atoms with Gasteiger partial charge in [-0.2, -0.15) is 0 Å².